The van der Waals surface area contributed by atoms with Crippen molar-refractivity contribution in [3.05, 3.63) is 34.3 Å². The highest BCUT2D eigenvalue weighted by molar-refractivity contribution is 9.10. The van der Waals surface area contributed by atoms with Crippen LogP contribution in [0.5, 0.6) is 0 Å². The number of hydrogen-bond acceptors (Lipinski definition) is 7. The number of carboxylic acid groups (broad SMARTS) is 1. The normalized spacial score (nSPS) is 19.6. The van der Waals surface area contributed by atoms with E-state index in [1.807, 2.05) is 0 Å². The van der Waals surface area contributed by atoms with Crippen molar-refractivity contribution in [2.45, 2.75) is 69.1 Å². The Labute approximate surface area is 252 Å². The van der Waals surface area contributed by atoms with Crippen LogP contribution in [0.15, 0.2) is 33.7 Å². The van der Waals surface area contributed by atoms with E-state index in [0.717, 1.165) is 10.0 Å². The van der Waals surface area contributed by atoms with E-state index in [4.69, 9.17) is 17.2 Å². The number of hydrogen-bond donors (Lipinski definition) is 6. The first-order valence-electron chi connectivity index (χ1n) is 13.9. The smallest absolute Gasteiger partial charge is 0.326 e. The Balaban J connectivity index is 1.53. The molecule has 0 aromatic heterocycles. The van der Waals surface area contributed by atoms with Crippen LogP contribution in [0.3, 0.4) is 0 Å². The van der Waals surface area contributed by atoms with E-state index >= 15 is 0 Å². The van der Waals surface area contributed by atoms with Crippen molar-refractivity contribution < 1.29 is 29.1 Å². The van der Waals surface area contributed by atoms with Crippen molar-refractivity contribution >= 4 is 51.5 Å². The largest absolute Gasteiger partial charge is 0.480 e. The maximum atomic E-state index is 13.5. The molecule has 0 bridgehead atoms. The minimum absolute atomic E-state index is 0.0360. The molecule has 2 aliphatic rings. The fourth-order valence-electron chi connectivity index (χ4n) is 5.22. The predicted octanol–water partition coefficient (Wildman–Crippen LogP) is -0.960. The van der Waals surface area contributed by atoms with Crippen LogP contribution in [-0.2, 0) is 30.4 Å². The van der Waals surface area contributed by atoms with E-state index in [1.54, 1.807) is 24.3 Å². The quantitative estimate of drug-likeness (QED) is 0.0876. The highest BCUT2D eigenvalue weighted by Gasteiger charge is 2.42. The molecule has 14 nitrogen and oxygen atoms in total. The van der Waals surface area contributed by atoms with E-state index < -0.39 is 48.5 Å². The van der Waals surface area contributed by atoms with E-state index in [0.29, 0.717) is 58.2 Å². The lowest BCUT2D eigenvalue weighted by Gasteiger charge is -2.32. The number of aliphatic carboxylic acids is 1. The molecular formula is C27H39BrN8O6. The number of guanidine groups is 1. The lowest BCUT2D eigenvalue weighted by atomic mass is 10.1. The van der Waals surface area contributed by atoms with Crippen LogP contribution in [0, 0.1) is 0 Å². The van der Waals surface area contributed by atoms with Gasteiger partial charge in [-0.15, -0.1) is 0 Å². The molecule has 2 saturated heterocycles. The Kier molecular flexibility index (Phi) is 12.1. The zero-order valence-corrected chi connectivity index (χ0v) is 24.9. The second kappa shape index (κ2) is 15.5. The Morgan fingerprint density at radius 2 is 1.67 bits per heavy atom. The zero-order chi connectivity index (χ0) is 30.8. The molecule has 0 radical (unpaired) electrons. The van der Waals surface area contributed by atoms with Gasteiger partial charge in [0.1, 0.15) is 18.1 Å². The number of amides is 4. The van der Waals surface area contributed by atoms with Gasteiger partial charge in [0.25, 0.3) is 0 Å². The van der Waals surface area contributed by atoms with Gasteiger partial charge in [0, 0.05) is 30.5 Å². The summed E-state index contributed by atoms with van der Waals surface area (Å²) < 4.78 is 0.844. The van der Waals surface area contributed by atoms with Crippen molar-refractivity contribution in [2.75, 3.05) is 26.2 Å². The summed E-state index contributed by atoms with van der Waals surface area (Å²) in [6, 6.07) is 3.56. The Morgan fingerprint density at radius 1 is 1.02 bits per heavy atom. The molecule has 9 N–H and O–H groups in total. The molecule has 4 atom stereocenters. The van der Waals surface area contributed by atoms with E-state index in [9.17, 15) is 29.1 Å². The number of nitrogens with zero attached hydrogens (tertiary/aromatic N) is 3. The standard InChI is InChI=1S/C27H39BrN8O6/c28-17-9-7-16(8-10-17)14-19(26(41)42)34-22(37)15-33-23(38)20-5-2-12-35(20)25(40)21-6-3-13-36(21)24(39)18(29)4-1-11-32-27(30)31/h7-10,18-21H,1-6,11-15,29H2,(H,33,38)(H,34,37)(H,41,42)(H4,30,31,32)/t18-,19-,20-,21-/m0/s1. The topological polar surface area (TPSA) is 227 Å². The molecule has 42 heavy (non-hydrogen) atoms. The molecule has 1 aromatic carbocycles. The van der Waals surface area contributed by atoms with Gasteiger partial charge in [-0.25, -0.2) is 4.79 Å². The van der Waals surface area contributed by atoms with Crippen LogP contribution < -0.4 is 27.8 Å². The molecule has 2 fully saturated rings. The monoisotopic (exact) mass is 650 g/mol. The molecule has 0 aliphatic carbocycles. The number of benzene rings is 1. The molecule has 230 valence electrons. The molecule has 3 rings (SSSR count). The van der Waals surface area contributed by atoms with Gasteiger partial charge in [0.05, 0.1) is 12.6 Å². The Morgan fingerprint density at radius 3 is 2.31 bits per heavy atom. The summed E-state index contributed by atoms with van der Waals surface area (Å²) in [5.41, 5.74) is 17.5. The van der Waals surface area contributed by atoms with Gasteiger partial charge < -0.3 is 42.7 Å². The van der Waals surface area contributed by atoms with Gasteiger partial charge in [-0.3, -0.25) is 24.2 Å². The first-order chi connectivity index (χ1) is 20.0. The van der Waals surface area contributed by atoms with Gasteiger partial charge in [0.2, 0.25) is 23.6 Å². The van der Waals surface area contributed by atoms with E-state index in [1.165, 1.54) is 9.80 Å². The number of halogens is 1. The Hall–Kier alpha value is -3.72. The molecule has 0 spiro atoms. The van der Waals surface area contributed by atoms with Crippen molar-refractivity contribution in [1.82, 2.24) is 20.4 Å². The summed E-state index contributed by atoms with van der Waals surface area (Å²) in [6.07, 6.45) is 3.04. The zero-order valence-electron chi connectivity index (χ0n) is 23.3. The summed E-state index contributed by atoms with van der Waals surface area (Å²) in [4.78, 5) is 70.6. The third kappa shape index (κ3) is 9.14. The van der Waals surface area contributed by atoms with Crippen LogP contribution in [0.25, 0.3) is 0 Å². The third-order valence-corrected chi connectivity index (χ3v) is 7.88. The average molecular weight is 652 g/mol. The summed E-state index contributed by atoms with van der Waals surface area (Å²) >= 11 is 3.32. The predicted molar refractivity (Wildman–Crippen MR) is 158 cm³/mol. The lowest BCUT2D eigenvalue weighted by Crippen LogP contribution is -2.55. The number of carbonyl (C=O) groups excluding carboxylic acids is 4. The fourth-order valence-corrected chi connectivity index (χ4v) is 5.49. The molecular weight excluding hydrogens is 612 g/mol. The highest BCUT2D eigenvalue weighted by Crippen LogP contribution is 2.26. The number of carboxylic acids is 1. The number of nitrogens with two attached hydrogens (primary N) is 3. The number of nitrogens with one attached hydrogen (secondary N) is 2. The first-order valence-corrected chi connectivity index (χ1v) is 14.7. The summed E-state index contributed by atoms with van der Waals surface area (Å²) in [7, 11) is 0. The molecule has 2 aliphatic heterocycles. The summed E-state index contributed by atoms with van der Waals surface area (Å²) in [5.74, 6) is -3.06. The van der Waals surface area contributed by atoms with Crippen LogP contribution in [0.2, 0.25) is 0 Å². The van der Waals surface area contributed by atoms with Crippen LogP contribution in [0.1, 0.15) is 44.1 Å². The maximum Gasteiger partial charge on any atom is 0.326 e. The van der Waals surface area contributed by atoms with Crippen molar-refractivity contribution in [3.8, 4) is 0 Å². The van der Waals surface area contributed by atoms with Crippen LogP contribution in [0.4, 0.5) is 0 Å². The molecule has 4 amide bonds. The van der Waals surface area contributed by atoms with Gasteiger partial charge in [-0.1, -0.05) is 28.1 Å². The molecule has 15 heteroatoms. The summed E-state index contributed by atoms with van der Waals surface area (Å²) in [6.45, 7) is 0.647. The number of carbonyl (C=O) groups is 5. The summed E-state index contributed by atoms with van der Waals surface area (Å²) in [5, 5.41) is 14.5. The third-order valence-electron chi connectivity index (χ3n) is 7.35. The van der Waals surface area contributed by atoms with Crippen molar-refractivity contribution in [3.63, 3.8) is 0 Å². The molecule has 2 heterocycles. The van der Waals surface area contributed by atoms with E-state index in [2.05, 4.69) is 31.6 Å². The van der Waals surface area contributed by atoms with Crippen LogP contribution >= 0.6 is 15.9 Å². The van der Waals surface area contributed by atoms with Gasteiger partial charge in [-0.2, -0.15) is 0 Å². The second-order valence-corrected chi connectivity index (χ2v) is 11.4. The molecule has 1 aromatic rings. The average Bonchev–Trinajstić information content (AvgIpc) is 3.64. The lowest BCUT2D eigenvalue weighted by molar-refractivity contribution is -0.147. The fraction of sp³-hybridized carbons (Fsp3) is 0.556. The number of likely N-dealkylation sites (tertiary alicyclic amines) is 2. The minimum atomic E-state index is -1.20. The molecule has 0 unspecified atom stereocenters. The van der Waals surface area contributed by atoms with Crippen LogP contribution in [-0.4, -0.2) is 101 Å². The van der Waals surface area contributed by atoms with Crippen molar-refractivity contribution in [2.24, 2.45) is 22.2 Å². The van der Waals surface area contributed by atoms with Crippen molar-refractivity contribution in [1.29, 1.82) is 0 Å². The first kappa shape index (κ1) is 32.8. The Bertz CT molecular complexity index is 1180. The van der Waals surface area contributed by atoms with Gasteiger partial charge >= 0.3 is 5.97 Å². The van der Waals surface area contributed by atoms with E-state index in [-0.39, 0.29) is 24.2 Å². The maximum absolute atomic E-state index is 13.5. The number of rotatable bonds is 13. The van der Waals surface area contributed by atoms with Gasteiger partial charge in [-0.05, 0) is 56.2 Å². The minimum Gasteiger partial charge on any atom is -0.480 e. The van der Waals surface area contributed by atoms with Gasteiger partial charge in [0.15, 0.2) is 5.96 Å². The highest BCUT2D eigenvalue weighted by atomic mass is 79.9. The second-order valence-electron chi connectivity index (χ2n) is 10.4. The number of aliphatic imine (C=N–C) groups is 1. The SMILES string of the molecule is NC(N)=NCCC[C@H](N)C(=O)N1CCC[C@H]1C(=O)N1CCC[C@H]1C(=O)NCC(=O)N[C@@H](Cc1ccc(Br)cc1)C(=O)O. The molecule has 0 saturated carbocycles.